The van der Waals surface area contributed by atoms with Crippen LogP contribution in [0.25, 0.3) is 0 Å². The van der Waals surface area contributed by atoms with Gasteiger partial charge in [-0.05, 0) is 25.3 Å². The first-order valence-corrected chi connectivity index (χ1v) is 10.5. The van der Waals surface area contributed by atoms with Gasteiger partial charge in [0.05, 0.1) is 11.8 Å². The van der Waals surface area contributed by atoms with Gasteiger partial charge in [0.25, 0.3) is 11.5 Å². The number of nitrogens with zero attached hydrogens (tertiary/aromatic N) is 3. The van der Waals surface area contributed by atoms with Crippen molar-refractivity contribution in [1.29, 1.82) is 0 Å². The lowest BCUT2D eigenvalue weighted by molar-refractivity contribution is 0.0931. The number of sulfonamides is 1. The highest BCUT2D eigenvalue weighted by Gasteiger charge is 2.31. The van der Waals surface area contributed by atoms with Crippen molar-refractivity contribution in [3.05, 3.63) is 51.9 Å². The number of hydrogen-bond acceptors (Lipinski definition) is 6. The summed E-state index contributed by atoms with van der Waals surface area (Å²) in [7, 11) is -2.33. The number of carbonyl (C=O) groups excluding carboxylic acids is 1. The largest absolute Gasteiger partial charge is 0.501 e. The van der Waals surface area contributed by atoms with E-state index in [0.29, 0.717) is 12.8 Å². The molecule has 150 valence electrons. The molecule has 1 aromatic heterocycles. The first-order chi connectivity index (χ1) is 13.2. The summed E-state index contributed by atoms with van der Waals surface area (Å²) in [5, 5.41) is 12.8. The van der Waals surface area contributed by atoms with Crippen molar-refractivity contribution in [3.8, 4) is 5.75 Å². The number of aromatic hydroxyl groups is 1. The topological polar surface area (TPSA) is 122 Å². The van der Waals surface area contributed by atoms with Gasteiger partial charge in [-0.15, -0.1) is 0 Å². The minimum absolute atomic E-state index is 0.0592. The second kappa shape index (κ2) is 7.63. The Morgan fingerprint density at radius 3 is 2.57 bits per heavy atom. The van der Waals surface area contributed by atoms with E-state index < -0.39 is 39.0 Å². The van der Waals surface area contributed by atoms with Gasteiger partial charge in [0.1, 0.15) is 0 Å². The fourth-order valence-corrected chi connectivity index (χ4v) is 4.67. The van der Waals surface area contributed by atoms with E-state index in [4.69, 9.17) is 0 Å². The van der Waals surface area contributed by atoms with Crippen LogP contribution in [0.4, 0.5) is 5.95 Å². The highest BCUT2D eigenvalue weighted by molar-refractivity contribution is 7.92. The minimum atomic E-state index is -3.64. The molecule has 0 bridgehead atoms. The second-order valence-corrected chi connectivity index (χ2v) is 8.69. The Balaban J connectivity index is 1.98. The van der Waals surface area contributed by atoms with Crippen LogP contribution in [0.1, 0.15) is 41.9 Å². The number of anilines is 1. The monoisotopic (exact) mass is 406 g/mol. The summed E-state index contributed by atoms with van der Waals surface area (Å²) in [6, 6.07) is 8.75. The molecule has 1 aromatic carbocycles. The van der Waals surface area contributed by atoms with Gasteiger partial charge in [-0.25, -0.2) is 17.7 Å². The summed E-state index contributed by atoms with van der Waals surface area (Å²) in [6.45, 7) is 1.91. The molecule has 1 aliphatic heterocycles. The summed E-state index contributed by atoms with van der Waals surface area (Å²) in [5.74, 6) is -1.82. The lowest BCUT2D eigenvalue weighted by Crippen LogP contribution is -2.42. The molecular formula is C18H22N4O5S. The SMILES string of the molecule is C[C@H](NC(=O)c1nc(N2CCCCS2(=O)=O)n(C)c(=O)c1O)c1ccccc1. The molecule has 0 saturated carbocycles. The second-order valence-electron chi connectivity index (χ2n) is 6.67. The zero-order valence-corrected chi connectivity index (χ0v) is 16.4. The molecule has 0 radical (unpaired) electrons. The average Bonchev–Trinajstić information content (AvgIpc) is 2.67. The van der Waals surface area contributed by atoms with Crippen LogP contribution in [-0.4, -0.2) is 41.3 Å². The Kier molecular flexibility index (Phi) is 5.41. The van der Waals surface area contributed by atoms with Gasteiger partial charge >= 0.3 is 0 Å². The maximum absolute atomic E-state index is 12.7. The molecule has 2 heterocycles. The summed E-state index contributed by atoms with van der Waals surface area (Å²) in [6.07, 6.45) is 1.13. The van der Waals surface area contributed by atoms with Crippen LogP contribution in [0.3, 0.4) is 0 Å². The molecule has 28 heavy (non-hydrogen) atoms. The predicted octanol–water partition coefficient (Wildman–Crippen LogP) is 0.907. The molecular weight excluding hydrogens is 384 g/mol. The number of carbonyl (C=O) groups is 1. The molecule has 10 heteroatoms. The zero-order chi connectivity index (χ0) is 20.5. The molecule has 2 aromatic rings. The van der Waals surface area contributed by atoms with Crippen molar-refractivity contribution in [2.45, 2.75) is 25.8 Å². The molecule has 3 rings (SSSR count). The normalized spacial score (nSPS) is 17.1. The first kappa shape index (κ1) is 19.9. The van der Waals surface area contributed by atoms with Crippen LogP contribution >= 0.6 is 0 Å². The van der Waals surface area contributed by atoms with Crippen LogP contribution in [-0.2, 0) is 17.1 Å². The number of nitrogens with one attached hydrogen (secondary N) is 1. The fourth-order valence-electron chi connectivity index (χ4n) is 3.06. The molecule has 1 saturated heterocycles. The van der Waals surface area contributed by atoms with Gasteiger partial charge < -0.3 is 10.4 Å². The lowest BCUT2D eigenvalue weighted by Gasteiger charge is -2.28. The number of amides is 1. The van der Waals surface area contributed by atoms with Gasteiger partial charge in [0, 0.05) is 13.6 Å². The van der Waals surface area contributed by atoms with E-state index in [0.717, 1.165) is 14.4 Å². The summed E-state index contributed by atoms with van der Waals surface area (Å²) in [4.78, 5) is 29.1. The fraction of sp³-hybridized carbons (Fsp3) is 0.389. The Hall–Kier alpha value is -2.88. The van der Waals surface area contributed by atoms with E-state index in [-0.39, 0.29) is 18.2 Å². The van der Waals surface area contributed by atoms with E-state index in [1.165, 1.54) is 7.05 Å². The van der Waals surface area contributed by atoms with Gasteiger partial charge in [-0.1, -0.05) is 30.3 Å². The van der Waals surface area contributed by atoms with Crippen molar-refractivity contribution in [3.63, 3.8) is 0 Å². The van der Waals surface area contributed by atoms with Crippen LogP contribution in [0.2, 0.25) is 0 Å². The molecule has 2 N–H and O–H groups in total. The van der Waals surface area contributed by atoms with Crippen LogP contribution in [0, 0.1) is 0 Å². The maximum atomic E-state index is 12.7. The molecule has 1 fully saturated rings. The molecule has 9 nitrogen and oxygen atoms in total. The van der Waals surface area contributed by atoms with Gasteiger partial charge in [-0.3, -0.25) is 14.2 Å². The average molecular weight is 406 g/mol. The Labute approximate surface area is 162 Å². The van der Waals surface area contributed by atoms with Crippen LogP contribution in [0.5, 0.6) is 5.75 Å². The molecule has 1 atom stereocenters. The van der Waals surface area contributed by atoms with Crippen molar-refractivity contribution >= 4 is 21.9 Å². The predicted molar refractivity (Wildman–Crippen MR) is 104 cm³/mol. The summed E-state index contributed by atoms with van der Waals surface area (Å²) < 4.78 is 26.7. The smallest absolute Gasteiger partial charge is 0.297 e. The van der Waals surface area contributed by atoms with Crippen LogP contribution in [0.15, 0.2) is 35.1 Å². The summed E-state index contributed by atoms with van der Waals surface area (Å²) >= 11 is 0. The molecule has 1 amide bonds. The summed E-state index contributed by atoms with van der Waals surface area (Å²) in [5.41, 5.74) is -0.553. The van der Waals surface area contributed by atoms with E-state index in [9.17, 15) is 23.1 Å². The van der Waals surface area contributed by atoms with Gasteiger partial charge in [0.2, 0.25) is 21.7 Å². The van der Waals surface area contributed by atoms with Crippen molar-refractivity contribution in [2.75, 3.05) is 16.6 Å². The molecule has 0 unspecified atom stereocenters. The number of rotatable bonds is 4. The van der Waals surface area contributed by atoms with E-state index in [1.807, 2.05) is 30.3 Å². The zero-order valence-electron chi connectivity index (χ0n) is 15.6. The minimum Gasteiger partial charge on any atom is -0.501 e. The van der Waals surface area contributed by atoms with Crippen molar-refractivity contribution in [2.24, 2.45) is 7.05 Å². The third-order valence-corrected chi connectivity index (χ3v) is 6.50. The first-order valence-electron chi connectivity index (χ1n) is 8.88. The number of benzene rings is 1. The highest BCUT2D eigenvalue weighted by atomic mass is 32.2. The quantitative estimate of drug-likeness (QED) is 0.778. The van der Waals surface area contributed by atoms with Gasteiger partial charge in [-0.2, -0.15) is 0 Å². The highest BCUT2D eigenvalue weighted by Crippen LogP contribution is 2.23. The van der Waals surface area contributed by atoms with Crippen molar-refractivity contribution < 1.29 is 18.3 Å². The Morgan fingerprint density at radius 2 is 1.93 bits per heavy atom. The number of aromatic nitrogens is 2. The number of hydrogen-bond donors (Lipinski definition) is 2. The Morgan fingerprint density at radius 1 is 1.25 bits per heavy atom. The standard InChI is InChI=1S/C18H22N4O5S/c1-12(13-8-4-3-5-9-13)19-16(24)14-15(23)17(25)21(2)18(20-14)22-10-6-7-11-28(22,26)27/h3-5,8-9,12,23H,6-7,10-11H2,1-2H3,(H,19,24)/t12-/m0/s1. The maximum Gasteiger partial charge on any atom is 0.297 e. The third-order valence-electron chi connectivity index (χ3n) is 4.68. The van der Waals surface area contributed by atoms with E-state index >= 15 is 0 Å². The third kappa shape index (κ3) is 3.72. The molecule has 1 aliphatic rings. The van der Waals surface area contributed by atoms with Crippen molar-refractivity contribution in [1.82, 2.24) is 14.9 Å². The van der Waals surface area contributed by atoms with Gasteiger partial charge in [0.15, 0.2) is 5.69 Å². The lowest BCUT2D eigenvalue weighted by atomic mass is 10.1. The molecule has 0 spiro atoms. The molecule has 0 aliphatic carbocycles. The Bertz CT molecular complexity index is 1050. The van der Waals surface area contributed by atoms with E-state index in [2.05, 4.69) is 10.3 Å². The van der Waals surface area contributed by atoms with E-state index in [1.54, 1.807) is 6.92 Å². The van der Waals surface area contributed by atoms with Crippen LogP contribution < -0.4 is 15.2 Å².